The molecule has 0 aliphatic heterocycles. The second kappa shape index (κ2) is 6.17. The number of benzene rings is 1. The van der Waals surface area contributed by atoms with Gasteiger partial charge < -0.3 is 21.1 Å². The van der Waals surface area contributed by atoms with Crippen molar-refractivity contribution < 1.29 is 5.11 Å². The summed E-state index contributed by atoms with van der Waals surface area (Å²) in [6, 6.07) is 10.1. The molecule has 8 heteroatoms. The van der Waals surface area contributed by atoms with Crippen molar-refractivity contribution in [1.29, 1.82) is 0 Å². The van der Waals surface area contributed by atoms with Gasteiger partial charge in [0, 0.05) is 29.8 Å². The first-order chi connectivity index (χ1) is 12.6. The van der Waals surface area contributed by atoms with E-state index in [0.717, 1.165) is 5.39 Å². The van der Waals surface area contributed by atoms with Crippen LogP contribution in [0.2, 0.25) is 0 Å². The van der Waals surface area contributed by atoms with Crippen molar-refractivity contribution in [2.75, 3.05) is 11.1 Å². The minimum Gasteiger partial charge on any atom is -0.508 e. The molecule has 128 valence electrons. The molecule has 0 fully saturated rings. The maximum Gasteiger partial charge on any atom is 0.259 e. The number of hydrogen-bond acceptors (Lipinski definition) is 7. The van der Waals surface area contributed by atoms with E-state index < -0.39 is 0 Å². The molecular formula is C18H14N6O2. The lowest BCUT2D eigenvalue weighted by Crippen LogP contribution is -2.09. The number of nitrogens with one attached hydrogen (secondary N) is 2. The maximum atomic E-state index is 12.3. The normalized spacial score (nSPS) is 10.8. The number of H-pyrrole nitrogens is 1. The van der Waals surface area contributed by atoms with Crippen molar-refractivity contribution in [3.05, 3.63) is 65.3 Å². The van der Waals surface area contributed by atoms with Gasteiger partial charge in [0.2, 0.25) is 5.95 Å². The predicted molar refractivity (Wildman–Crippen MR) is 99.2 cm³/mol. The zero-order valence-electron chi connectivity index (χ0n) is 13.5. The van der Waals surface area contributed by atoms with Crippen molar-refractivity contribution in [3.8, 4) is 17.0 Å². The second-order valence-electron chi connectivity index (χ2n) is 5.63. The lowest BCUT2D eigenvalue weighted by atomic mass is 10.1. The molecule has 3 heterocycles. The van der Waals surface area contributed by atoms with E-state index >= 15 is 0 Å². The van der Waals surface area contributed by atoms with Gasteiger partial charge >= 0.3 is 0 Å². The Hall–Kier alpha value is -3.94. The van der Waals surface area contributed by atoms with Gasteiger partial charge in [0.25, 0.3) is 5.56 Å². The third-order valence-corrected chi connectivity index (χ3v) is 3.85. The molecule has 0 radical (unpaired) electrons. The molecule has 0 aliphatic rings. The quantitative estimate of drug-likeness (QED) is 0.419. The molecule has 26 heavy (non-hydrogen) atoms. The number of aromatic amines is 1. The molecule has 0 aliphatic carbocycles. The number of anilines is 3. The topological polar surface area (TPSA) is 130 Å². The summed E-state index contributed by atoms with van der Waals surface area (Å²) in [4.78, 5) is 27.5. The van der Waals surface area contributed by atoms with E-state index in [1.807, 2.05) is 0 Å². The third-order valence-electron chi connectivity index (χ3n) is 3.85. The summed E-state index contributed by atoms with van der Waals surface area (Å²) in [5.41, 5.74) is 7.25. The highest BCUT2D eigenvalue weighted by Gasteiger charge is 2.12. The molecule has 0 saturated carbocycles. The molecule has 5 N–H and O–H groups in total. The van der Waals surface area contributed by atoms with Crippen molar-refractivity contribution in [3.63, 3.8) is 0 Å². The molecule has 0 amide bonds. The van der Waals surface area contributed by atoms with Gasteiger partial charge in [-0.3, -0.25) is 4.79 Å². The predicted octanol–water partition coefficient (Wildman–Crippen LogP) is 2.41. The van der Waals surface area contributed by atoms with Gasteiger partial charge in [-0.1, -0.05) is 0 Å². The third kappa shape index (κ3) is 2.91. The van der Waals surface area contributed by atoms with Crippen LogP contribution in [-0.2, 0) is 0 Å². The van der Waals surface area contributed by atoms with Gasteiger partial charge in [-0.05, 0) is 41.8 Å². The van der Waals surface area contributed by atoms with Gasteiger partial charge in [0.1, 0.15) is 11.6 Å². The lowest BCUT2D eigenvalue weighted by molar-refractivity contribution is 0.475. The number of phenols is 1. The first kappa shape index (κ1) is 15.6. The van der Waals surface area contributed by atoms with Crippen LogP contribution in [0.3, 0.4) is 0 Å². The fourth-order valence-corrected chi connectivity index (χ4v) is 2.60. The van der Waals surface area contributed by atoms with Crippen LogP contribution in [0.1, 0.15) is 0 Å². The number of aromatic hydroxyl groups is 1. The zero-order valence-corrected chi connectivity index (χ0v) is 13.5. The smallest absolute Gasteiger partial charge is 0.259 e. The van der Waals surface area contributed by atoms with Crippen molar-refractivity contribution in [2.45, 2.75) is 0 Å². The van der Waals surface area contributed by atoms with E-state index in [1.54, 1.807) is 55.0 Å². The Morgan fingerprint density at radius 3 is 2.54 bits per heavy atom. The van der Waals surface area contributed by atoms with Crippen LogP contribution in [0.4, 0.5) is 17.5 Å². The monoisotopic (exact) mass is 346 g/mol. The van der Waals surface area contributed by atoms with Gasteiger partial charge in [0.15, 0.2) is 0 Å². The highest BCUT2D eigenvalue weighted by molar-refractivity contribution is 5.95. The Balaban J connectivity index is 1.89. The van der Waals surface area contributed by atoms with E-state index in [4.69, 9.17) is 5.73 Å². The van der Waals surface area contributed by atoms with E-state index in [9.17, 15) is 9.90 Å². The maximum absolute atomic E-state index is 12.3. The fourth-order valence-electron chi connectivity index (χ4n) is 2.60. The highest BCUT2D eigenvalue weighted by atomic mass is 16.3. The van der Waals surface area contributed by atoms with E-state index in [2.05, 4.69) is 25.3 Å². The summed E-state index contributed by atoms with van der Waals surface area (Å²) in [5, 5.41) is 13.7. The summed E-state index contributed by atoms with van der Waals surface area (Å²) in [5.74, 6) is 0.717. The van der Waals surface area contributed by atoms with E-state index in [0.29, 0.717) is 28.1 Å². The minimum atomic E-state index is -0.253. The average Bonchev–Trinajstić information content (AvgIpc) is 2.64. The summed E-state index contributed by atoms with van der Waals surface area (Å²) in [6.07, 6.45) is 4.74. The number of phenolic OH excluding ortho intramolecular Hbond substituents is 1. The second-order valence-corrected chi connectivity index (χ2v) is 5.63. The number of rotatable bonds is 3. The fraction of sp³-hybridized carbons (Fsp3) is 0. The first-order valence-electron chi connectivity index (χ1n) is 7.76. The number of nitrogens with two attached hydrogens (primary N) is 1. The number of nitrogens with zero attached hydrogens (tertiary/aromatic N) is 3. The van der Waals surface area contributed by atoms with Crippen LogP contribution in [0.5, 0.6) is 5.75 Å². The summed E-state index contributed by atoms with van der Waals surface area (Å²) < 4.78 is 0. The SMILES string of the molecule is Nc1ncc(-c2cc3cc[nH]c(=O)c3c(Nc3ccc(O)cc3)n2)cn1. The number of fused-ring (bicyclic) bond motifs is 1. The molecule has 0 saturated heterocycles. The minimum absolute atomic E-state index is 0.152. The molecule has 0 bridgehead atoms. The van der Waals surface area contributed by atoms with Gasteiger partial charge in [-0.2, -0.15) is 0 Å². The molecule has 8 nitrogen and oxygen atoms in total. The van der Waals surface area contributed by atoms with Gasteiger partial charge in [0.05, 0.1) is 11.1 Å². The number of pyridine rings is 2. The van der Waals surface area contributed by atoms with E-state index in [1.165, 1.54) is 0 Å². The van der Waals surface area contributed by atoms with Crippen LogP contribution in [0, 0.1) is 0 Å². The van der Waals surface area contributed by atoms with Crippen molar-refractivity contribution in [2.24, 2.45) is 0 Å². The number of aromatic nitrogens is 4. The standard InChI is InChI=1S/C18H14N6O2/c19-18-21-8-11(9-22-18)14-7-10-5-6-20-17(26)15(10)16(24-14)23-12-1-3-13(25)4-2-12/h1-9,25H,(H,20,26)(H,23,24)(H2,19,21,22). The number of nitrogen functional groups attached to an aromatic ring is 1. The van der Waals surface area contributed by atoms with Crippen LogP contribution >= 0.6 is 0 Å². The average molecular weight is 346 g/mol. The van der Waals surface area contributed by atoms with Crippen molar-refractivity contribution in [1.82, 2.24) is 19.9 Å². The summed E-state index contributed by atoms with van der Waals surface area (Å²) in [6.45, 7) is 0. The molecule has 0 atom stereocenters. The van der Waals surface area contributed by atoms with Crippen LogP contribution in [-0.4, -0.2) is 25.0 Å². The largest absolute Gasteiger partial charge is 0.508 e. The highest BCUT2D eigenvalue weighted by Crippen LogP contribution is 2.27. The molecule has 1 aromatic carbocycles. The molecule has 4 rings (SSSR count). The lowest BCUT2D eigenvalue weighted by Gasteiger charge is -2.11. The Kier molecular flexibility index (Phi) is 3.70. The first-order valence-corrected chi connectivity index (χ1v) is 7.76. The molecule has 4 aromatic rings. The van der Waals surface area contributed by atoms with E-state index in [-0.39, 0.29) is 17.3 Å². The van der Waals surface area contributed by atoms with Crippen LogP contribution in [0.25, 0.3) is 22.0 Å². The summed E-state index contributed by atoms with van der Waals surface area (Å²) >= 11 is 0. The Labute approximate surface area is 147 Å². The molecule has 0 unspecified atom stereocenters. The Morgan fingerprint density at radius 1 is 1.08 bits per heavy atom. The van der Waals surface area contributed by atoms with Crippen LogP contribution in [0.15, 0.2) is 59.8 Å². The van der Waals surface area contributed by atoms with Crippen molar-refractivity contribution >= 4 is 28.2 Å². The number of hydrogen-bond donors (Lipinski definition) is 4. The van der Waals surface area contributed by atoms with Gasteiger partial charge in [-0.25, -0.2) is 15.0 Å². The Morgan fingerprint density at radius 2 is 1.81 bits per heavy atom. The van der Waals surface area contributed by atoms with Gasteiger partial charge in [-0.15, -0.1) is 0 Å². The zero-order chi connectivity index (χ0) is 18.1. The molecule has 0 spiro atoms. The Bertz CT molecular complexity index is 1140. The van der Waals surface area contributed by atoms with Crippen LogP contribution < -0.4 is 16.6 Å². The summed E-state index contributed by atoms with van der Waals surface area (Å²) in [7, 11) is 0. The molecule has 3 aromatic heterocycles. The molecular weight excluding hydrogens is 332 g/mol.